The first-order chi connectivity index (χ1) is 14.9. The number of likely N-dealkylation sites (N-methyl/N-ethyl adjacent to an activating group) is 1. The number of aliphatic hydroxyl groups is 1. The molecule has 1 fully saturated rings. The molecule has 1 aliphatic rings. The SMILES string of the molecule is CN(C)CCN1C(=O)C(=O)/C(=C(\O)c2cccc3ccccc23)C1c1ccc(O)cc1. The molecule has 1 unspecified atom stereocenters. The summed E-state index contributed by atoms with van der Waals surface area (Å²) in [6.45, 7) is 0.894. The van der Waals surface area contributed by atoms with Gasteiger partial charge in [-0.05, 0) is 42.6 Å². The van der Waals surface area contributed by atoms with Crippen LogP contribution in [0.15, 0.2) is 72.3 Å². The van der Waals surface area contributed by atoms with Crippen LogP contribution in [0.2, 0.25) is 0 Å². The maximum absolute atomic E-state index is 13.1. The number of aliphatic hydroxyl groups excluding tert-OH is 1. The molecule has 3 aromatic carbocycles. The maximum atomic E-state index is 13.1. The average Bonchev–Trinajstić information content (AvgIpc) is 3.02. The molecule has 0 aliphatic carbocycles. The highest BCUT2D eigenvalue weighted by Crippen LogP contribution is 2.40. The van der Waals surface area contributed by atoms with Crippen LogP contribution < -0.4 is 0 Å². The fraction of sp³-hybridized carbons (Fsp3) is 0.200. The molecule has 0 bridgehead atoms. The summed E-state index contributed by atoms with van der Waals surface area (Å²) in [5.74, 6) is -1.45. The van der Waals surface area contributed by atoms with E-state index in [1.165, 1.54) is 17.0 Å². The maximum Gasteiger partial charge on any atom is 0.295 e. The highest BCUT2D eigenvalue weighted by molar-refractivity contribution is 6.46. The lowest BCUT2D eigenvalue weighted by Crippen LogP contribution is -2.35. The normalized spacial score (nSPS) is 18.3. The quantitative estimate of drug-likeness (QED) is 0.378. The van der Waals surface area contributed by atoms with Gasteiger partial charge in [-0.25, -0.2) is 0 Å². The lowest BCUT2D eigenvalue weighted by Gasteiger charge is -2.26. The summed E-state index contributed by atoms with van der Waals surface area (Å²) in [6, 6.07) is 18.7. The van der Waals surface area contributed by atoms with Gasteiger partial charge < -0.3 is 20.0 Å². The fourth-order valence-electron chi connectivity index (χ4n) is 4.00. The van der Waals surface area contributed by atoms with Crippen LogP contribution in [0.4, 0.5) is 0 Å². The number of phenolic OH excluding ortho intramolecular Hbond substituents is 1. The minimum Gasteiger partial charge on any atom is -0.508 e. The smallest absolute Gasteiger partial charge is 0.295 e. The Labute approximate surface area is 180 Å². The van der Waals surface area contributed by atoms with Gasteiger partial charge in [-0.3, -0.25) is 9.59 Å². The van der Waals surface area contributed by atoms with E-state index >= 15 is 0 Å². The molecule has 4 rings (SSSR count). The third-order valence-corrected chi connectivity index (χ3v) is 5.58. The molecule has 1 amide bonds. The molecule has 1 atom stereocenters. The lowest BCUT2D eigenvalue weighted by atomic mass is 9.93. The number of likely N-dealkylation sites (tertiary alicyclic amines) is 1. The number of benzene rings is 3. The molecule has 1 saturated heterocycles. The average molecular weight is 416 g/mol. The van der Waals surface area contributed by atoms with Gasteiger partial charge in [-0.2, -0.15) is 0 Å². The van der Waals surface area contributed by atoms with Gasteiger partial charge in [0.15, 0.2) is 0 Å². The summed E-state index contributed by atoms with van der Waals surface area (Å²) >= 11 is 0. The third-order valence-electron chi connectivity index (χ3n) is 5.58. The molecule has 0 radical (unpaired) electrons. The first-order valence-electron chi connectivity index (χ1n) is 10.1. The summed E-state index contributed by atoms with van der Waals surface area (Å²) < 4.78 is 0. The summed E-state index contributed by atoms with van der Waals surface area (Å²) in [5.41, 5.74) is 1.22. The number of rotatable bonds is 5. The van der Waals surface area contributed by atoms with Crippen LogP contribution in [0.1, 0.15) is 17.2 Å². The van der Waals surface area contributed by atoms with Gasteiger partial charge in [0.2, 0.25) is 0 Å². The highest BCUT2D eigenvalue weighted by Gasteiger charge is 2.46. The third kappa shape index (κ3) is 3.78. The second kappa shape index (κ2) is 8.24. The Morgan fingerprint density at radius 2 is 1.65 bits per heavy atom. The number of ketones is 1. The molecule has 1 heterocycles. The van der Waals surface area contributed by atoms with Gasteiger partial charge >= 0.3 is 0 Å². The van der Waals surface area contributed by atoms with Gasteiger partial charge in [0, 0.05) is 18.7 Å². The van der Waals surface area contributed by atoms with E-state index < -0.39 is 17.7 Å². The first-order valence-corrected chi connectivity index (χ1v) is 10.1. The van der Waals surface area contributed by atoms with Crippen molar-refractivity contribution in [2.24, 2.45) is 0 Å². The lowest BCUT2D eigenvalue weighted by molar-refractivity contribution is -0.140. The highest BCUT2D eigenvalue weighted by atomic mass is 16.3. The standard InChI is InChI=1S/C25H24N2O4/c1-26(2)14-15-27-22(17-10-12-18(28)13-11-17)21(24(30)25(27)31)23(29)20-9-5-7-16-6-3-4-8-19(16)20/h3-13,22,28-29H,14-15H2,1-2H3/b23-21-. The van der Waals surface area contributed by atoms with Crippen molar-refractivity contribution in [3.8, 4) is 5.75 Å². The van der Waals surface area contributed by atoms with E-state index in [9.17, 15) is 19.8 Å². The number of fused-ring (bicyclic) bond motifs is 1. The monoisotopic (exact) mass is 416 g/mol. The van der Waals surface area contributed by atoms with Gasteiger partial charge in [0.25, 0.3) is 11.7 Å². The Kier molecular flexibility index (Phi) is 5.48. The summed E-state index contributed by atoms with van der Waals surface area (Å²) in [4.78, 5) is 29.5. The zero-order valence-corrected chi connectivity index (χ0v) is 17.4. The number of carbonyl (C=O) groups excluding carboxylic acids is 2. The van der Waals surface area contributed by atoms with Crippen molar-refractivity contribution in [3.05, 3.63) is 83.4 Å². The van der Waals surface area contributed by atoms with E-state index in [1.807, 2.05) is 55.4 Å². The van der Waals surface area contributed by atoms with E-state index in [4.69, 9.17) is 0 Å². The number of hydrogen-bond donors (Lipinski definition) is 2. The zero-order chi connectivity index (χ0) is 22.1. The number of amides is 1. The summed E-state index contributed by atoms with van der Waals surface area (Å²) in [6.07, 6.45) is 0. The number of hydrogen-bond acceptors (Lipinski definition) is 5. The van der Waals surface area contributed by atoms with Crippen LogP contribution in [-0.4, -0.2) is 58.9 Å². The summed E-state index contributed by atoms with van der Waals surface area (Å²) in [7, 11) is 3.78. The van der Waals surface area contributed by atoms with Crippen molar-refractivity contribution in [1.82, 2.24) is 9.80 Å². The van der Waals surface area contributed by atoms with Crippen molar-refractivity contribution in [3.63, 3.8) is 0 Å². The first kappa shape index (κ1) is 20.6. The van der Waals surface area contributed by atoms with Gasteiger partial charge in [0.05, 0.1) is 11.6 Å². The molecule has 6 nitrogen and oxygen atoms in total. The van der Waals surface area contributed by atoms with Crippen LogP contribution in [0.3, 0.4) is 0 Å². The number of aromatic hydroxyl groups is 1. The second-order valence-corrected chi connectivity index (χ2v) is 7.91. The van der Waals surface area contributed by atoms with Crippen molar-refractivity contribution in [1.29, 1.82) is 0 Å². The minimum absolute atomic E-state index is 0.0609. The zero-order valence-electron chi connectivity index (χ0n) is 17.4. The number of nitrogens with zero attached hydrogens (tertiary/aromatic N) is 2. The van der Waals surface area contributed by atoms with Crippen LogP contribution in [0.25, 0.3) is 16.5 Å². The van der Waals surface area contributed by atoms with Gasteiger partial charge in [0.1, 0.15) is 11.5 Å². The molecule has 158 valence electrons. The predicted octanol–water partition coefficient (Wildman–Crippen LogP) is 3.53. The van der Waals surface area contributed by atoms with Crippen LogP contribution in [-0.2, 0) is 9.59 Å². The van der Waals surface area contributed by atoms with Crippen LogP contribution in [0, 0.1) is 0 Å². The predicted molar refractivity (Wildman–Crippen MR) is 120 cm³/mol. The molecule has 2 N–H and O–H groups in total. The minimum atomic E-state index is -0.737. The second-order valence-electron chi connectivity index (χ2n) is 7.91. The van der Waals surface area contributed by atoms with Crippen molar-refractivity contribution >= 4 is 28.2 Å². The van der Waals surface area contributed by atoms with Crippen LogP contribution in [0.5, 0.6) is 5.75 Å². The molecule has 31 heavy (non-hydrogen) atoms. The fourth-order valence-corrected chi connectivity index (χ4v) is 4.00. The largest absolute Gasteiger partial charge is 0.508 e. The Bertz CT molecular complexity index is 1180. The Hall–Kier alpha value is -3.64. The van der Waals surface area contributed by atoms with E-state index in [-0.39, 0.29) is 17.1 Å². The van der Waals surface area contributed by atoms with E-state index in [2.05, 4.69) is 0 Å². The Balaban J connectivity index is 1.91. The molecular formula is C25H24N2O4. The molecule has 3 aromatic rings. The molecule has 0 spiro atoms. The van der Waals surface area contributed by atoms with Gasteiger partial charge in [-0.15, -0.1) is 0 Å². The van der Waals surface area contributed by atoms with Crippen molar-refractivity contribution in [2.45, 2.75) is 6.04 Å². The number of Topliss-reactive ketones (excluding diaryl/α,β-unsaturated/α-hetero) is 1. The topological polar surface area (TPSA) is 81.1 Å². The Morgan fingerprint density at radius 1 is 0.968 bits per heavy atom. The van der Waals surface area contributed by atoms with E-state index in [0.29, 0.717) is 24.2 Å². The number of carbonyl (C=O) groups is 2. The molecular weight excluding hydrogens is 392 g/mol. The summed E-state index contributed by atoms with van der Waals surface area (Å²) in [5, 5.41) is 22.7. The van der Waals surface area contributed by atoms with E-state index in [1.54, 1.807) is 18.2 Å². The molecule has 1 aliphatic heterocycles. The van der Waals surface area contributed by atoms with Gasteiger partial charge in [-0.1, -0.05) is 54.6 Å². The molecule has 0 saturated carbocycles. The van der Waals surface area contributed by atoms with Crippen molar-refractivity contribution < 1.29 is 19.8 Å². The molecule has 6 heteroatoms. The molecule has 0 aromatic heterocycles. The van der Waals surface area contributed by atoms with Crippen LogP contribution >= 0.6 is 0 Å². The van der Waals surface area contributed by atoms with Crippen molar-refractivity contribution in [2.75, 3.05) is 27.2 Å². The number of phenols is 1. The van der Waals surface area contributed by atoms with E-state index in [0.717, 1.165) is 10.8 Å². The Morgan fingerprint density at radius 3 is 2.35 bits per heavy atom.